The van der Waals surface area contributed by atoms with Crippen LogP contribution in [0, 0.1) is 11.3 Å². The summed E-state index contributed by atoms with van der Waals surface area (Å²) in [5, 5.41) is 17.1. The maximum absolute atomic E-state index is 9.32. The van der Waals surface area contributed by atoms with E-state index in [1.165, 1.54) is 0 Å². The lowest BCUT2D eigenvalue weighted by Crippen LogP contribution is -2.27. The summed E-state index contributed by atoms with van der Waals surface area (Å²) < 4.78 is 1.79. The fourth-order valence-electron chi connectivity index (χ4n) is 2.69. The third-order valence-corrected chi connectivity index (χ3v) is 4.02. The minimum Gasteiger partial charge on any atom is -0.382 e. The number of hydrogen-bond acceptors (Lipinski definition) is 8. The van der Waals surface area contributed by atoms with Gasteiger partial charge in [-0.1, -0.05) is 17.3 Å². The van der Waals surface area contributed by atoms with Gasteiger partial charge in [0.2, 0.25) is 5.95 Å². The van der Waals surface area contributed by atoms with Crippen molar-refractivity contribution in [2.45, 2.75) is 13.5 Å². The summed E-state index contributed by atoms with van der Waals surface area (Å²) >= 11 is 0. The Kier molecular flexibility index (Phi) is 4.94. The quantitative estimate of drug-likeness (QED) is 0.679. The van der Waals surface area contributed by atoms with Crippen LogP contribution in [0.15, 0.2) is 36.7 Å². The molecule has 0 saturated heterocycles. The number of nitrogen functional groups attached to an aromatic ring is 2. The van der Waals surface area contributed by atoms with Crippen LogP contribution in [0.3, 0.4) is 0 Å². The van der Waals surface area contributed by atoms with Crippen molar-refractivity contribution in [3.05, 3.63) is 42.2 Å². The van der Waals surface area contributed by atoms with Crippen LogP contribution in [-0.2, 0) is 6.54 Å². The Hall–Kier alpha value is -3.67. The molecule has 9 nitrogen and oxygen atoms in total. The minimum atomic E-state index is 0.0450. The zero-order chi connectivity index (χ0) is 18.5. The molecule has 0 bridgehead atoms. The van der Waals surface area contributed by atoms with Gasteiger partial charge in [0, 0.05) is 30.5 Å². The standard InChI is InChI=1S/C17H19N9/c1-2-25(9-10-26-8-7-21-24-26)13-5-3-12(4-6-13)15-14(11-18)16(19)23-17(20)22-15/h3-8H,2,9-10H2,1H3,(H4,19,20,22,23). The van der Waals surface area contributed by atoms with E-state index >= 15 is 0 Å². The first-order valence-electron chi connectivity index (χ1n) is 8.15. The highest BCUT2D eigenvalue weighted by Crippen LogP contribution is 2.27. The second kappa shape index (κ2) is 7.48. The molecule has 0 spiro atoms. The van der Waals surface area contributed by atoms with Crippen LogP contribution in [0.2, 0.25) is 0 Å². The van der Waals surface area contributed by atoms with E-state index in [0.29, 0.717) is 5.69 Å². The van der Waals surface area contributed by atoms with Crippen molar-refractivity contribution in [2.24, 2.45) is 0 Å². The van der Waals surface area contributed by atoms with E-state index in [2.05, 4.69) is 32.1 Å². The predicted octanol–water partition coefficient (Wildman–Crippen LogP) is 1.30. The first kappa shape index (κ1) is 17.2. The average Bonchev–Trinajstić information content (AvgIpc) is 3.16. The van der Waals surface area contributed by atoms with Gasteiger partial charge in [0.05, 0.1) is 18.4 Å². The van der Waals surface area contributed by atoms with Crippen molar-refractivity contribution in [2.75, 3.05) is 29.5 Å². The number of rotatable bonds is 6. The third kappa shape index (κ3) is 3.54. The smallest absolute Gasteiger partial charge is 0.222 e. The van der Waals surface area contributed by atoms with Crippen molar-refractivity contribution in [1.82, 2.24) is 25.0 Å². The molecular weight excluding hydrogens is 330 g/mol. The van der Waals surface area contributed by atoms with Crippen LogP contribution in [-0.4, -0.2) is 38.1 Å². The van der Waals surface area contributed by atoms with E-state index in [1.807, 2.05) is 36.5 Å². The molecule has 0 aliphatic heterocycles. The van der Waals surface area contributed by atoms with Crippen molar-refractivity contribution < 1.29 is 0 Å². The summed E-state index contributed by atoms with van der Waals surface area (Å²) in [6.45, 7) is 4.49. The molecule has 3 rings (SSSR count). The fourth-order valence-corrected chi connectivity index (χ4v) is 2.69. The van der Waals surface area contributed by atoms with Gasteiger partial charge in [0.25, 0.3) is 0 Å². The van der Waals surface area contributed by atoms with Gasteiger partial charge in [-0.2, -0.15) is 10.2 Å². The van der Waals surface area contributed by atoms with Gasteiger partial charge in [-0.3, -0.25) is 4.68 Å². The second-order valence-electron chi connectivity index (χ2n) is 5.60. The van der Waals surface area contributed by atoms with Gasteiger partial charge in [-0.05, 0) is 19.1 Å². The van der Waals surface area contributed by atoms with E-state index in [9.17, 15) is 5.26 Å². The molecular formula is C17H19N9. The van der Waals surface area contributed by atoms with Crippen LogP contribution in [0.4, 0.5) is 17.5 Å². The van der Waals surface area contributed by atoms with Gasteiger partial charge in [-0.25, -0.2) is 4.98 Å². The number of nitrogens with zero attached hydrogens (tertiary/aromatic N) is 7. The second-order valence-corrected chi connectivity index (χ2v) is 5.60. The maximum Gasteiger partial charge on any atom is 0.222 e. The zero-order valence-electron chi connectivity index (χ0n) is 14.4. The number of nitriles is 1. The van der Waals surface area contributed by atoms with Crippen LogP contribution >= 0.6 is 0 Å². The number of nitrogens with two attached hydrogens (primary N) is 2. The molecule has 2 heterocycles. The minimum absolute atomic E-state index is 0.0450. The Morgan fingerprint density at radius 1 is 1.19 bits per heavy atom. The van der Waals surface area contributed by atoms with Gasteiger partial charge in [0.1, 0.15) is 17.5 Å². The Bertz CT molecular complexity index is 911. The summed E-state index contributed by atoms with van der Waals surface area (Å²) in [6.07, 6.45) is 3.50. The Morgan fingerprint density at radius 2 is 1.96 bits per heavy atom. The molecule has 9 heteroatoms. The molecule has 1 aromatic carbocycles. The van der Waals surface area contributed by atoms with E-state index in [4.69, 9.17) is 11.5 Å². The zero-order valence-corrected chi connectivity index (χ0v) is 14.4. The molecule has 0 radical (unpaired) electrons. The number of anilines is 3. The SMILES string of the molecule is CCN(CCn1ccnn1)c1ccc(-c2nc(N)nc(N)c2C#N)cc1. The summed E-state index contributed by atoms with van der Waals surface area (Å²) in [5.74, 6) is 0.130. The molecule has 0 amide bonds. The van der Waals surface area contributed by atoms with Crippen molar-refractivity contribution in [3.63, 3.8) is 0 Å². The molecule has 0 fully saturated rings. The van der Waals surface area contributed by atoms with Crippen molar-refractivity contribution >= 4 is 17.5 Å². The number of hydrogen-bond donors (Lipinski definition) is 2. The van der Waals surface area contributed by atoms with E-state index in [0.717, 1.165) is 30.9 Å². The molecule has 0 atom stereocenters. The molecule has 2 aromatic heterocycles. The number of benzene rings is 1. The number of likely N-dealkylation sites (N-methyl/N-ethyl adjacent to an activating group) is 1. The molecule has 0 aliphatic carbocycles. The summed E-state index contributed by atoms with van der Waals surface area (Å²) in [5.41, 5.74) is 13.9. The molecule has 0 unspecified atom stereocenters. The molecule has 4 N–H and O–H groups in total. The van der Waals surface area contributed by atoms with E-state index in [-0.39, 0.29) is 17.3 Å². The molecule has 26 heavy (non-hydrogen) atoms. The molecule has 3 aromatic rings. The van der Waals surface area contributed by atoms with Crippen molar-refractivity contribution in [1.29, 1.82) is 5.26 Å². The summed E-state index contributed by atoms with van der Waals surface area (Å²) in [7, 11) is 0. The molecule has 0 aliphatic rings. The first-order chi connectivity index (χ1) is 12.6. The van der Waals surface area contributed by atoms with Crippen LogP contribution in [0.1, 0.15) is 12.5 Å². The van der Waals surface area contributed by atoms with E-state index in [1.54, 1.807) is 10.9 Å². The Labute approximate surface area is 150 Å². The fraction of sp³-hybridized carbons (Fsp3) is 0.235. The lowest BCUT2D eigenvalue weighted by molar-refractivity contribution is 0.579. The normalized spacial score (nSPS) is 10.5. The topological polar surface area (TPSA) is 136 Å². The van der Waals surface area contributed by atoms with Gasteiger partial charge in [0.15, 0.2) is 0 Å². The van der Waals surface area contributed by atoms with E-state index < -0.39 is 0 Å². The maximum atomic E-state index is 9.32. The summed E-state index contributed by atoms with van der Waals surface area (Å²) in [6, 6.07) is 9.80. The monoisotopic (exact) mass is 349 g/mol. The van der Waals surface area contributed by atoms with Crippen LogP contribution in [0.5, 0.6) is 0 Å². The highest BCUT2D eigenvalue weighted by molar-refractivity contribution is 5.74. The Balaban J connectivity index is 1.83. The van der Waals surface area contributed by atoms with Gasteiger partial charge < -0.3 is 16.4 Å². The highest BCUT2D eigenvalue weighted by Gasteiger charge is 2.13. The lowest BCUT2D eigenvalue weighted by atomic mass is 10.1. The molecule has 0 saturated carbocycles. The molecule has 132 valence electrons. The predicted molar refractivity (Wildman–Crippen MR) is 98.9 cm³/mol. The Morgan fingerprint density at radius 3 is 2.58 bits per heavy atom. The van der Waals surface area contributed by atoms with Gasteiger partial charge >= 0.3 is 0 Å². The van der Waals surface area contributed by atoms with Crippen LogP contribution < -0.4 is 16.4 Å². The lowest BCUT2D eigenvalue weighted by Gasteiger charge is -2.23. The highest BCUT2D eigenvalue weighted by atomic mass is 15.4. The summed E-state index contributed by atoms with van der Waals surface area (Å²) in [4.78, 5) is 10.2. The van der Waals surface area contributed by atoms with Crippen molar-refractivity contribution in [3.8, 4) is 17.3 Å². The van der Waals surface area contributed by atoms with Crippen LogP contribution in [0.25, 0.3) is 11.3 Å². The third-order valence-electron chi connectivity index (χ3n) is 4.02. The first-order valence-corrected chi connectivity index (χ1v) is 8.15. The number of aromatic nitrogens is 5. The van der Waals surface area contributed by atoms with Gasteiger partial charge in [-0.15, -0.1) is 5.10 Å². The average molecular weight is 349 g/mol. The largest absolute Gasteiger partial charge is 0.382 e.